The summed E-state index contributed by atoms with van der Waals surface area (Å²) >= 11 is 7.44. The Bertz CT molecular complexity index is 1190. The first-order valence-electron chi connectivity index (χ1n) is 11.7. The third kappa shape index (κ3) is 9.67. The third-order valence-corrected chi connectivity index (χ3v) is 6.59. The van der Waals surface area contributed by atoms with Crippen molar-refractivity contribution in [2.75, 3.05) is 58.5 Å². The van der Waals surface area contributed by atoms with Gasteiger partial charge >= 0.3 is 12.1 Å². The van der Waals surface area contributed by atoms with E-state index in [-0.39, 0.29) is 49.6 Å². The van der Waals surface area contributed by atoms with Gasteiger partial charge in [-0.1, -0.05) is 29.8 Å². The van der Waals surface area contributed by atoms with Gasteiger partial charge in [0.1, 0.15) is 6.54 Å². The van der Waals surface area contributed by atoms with Gasteiger partial charge in [0.25, 0.3) is 0 Å². The van der Waals surface area contributed by atoms with Crippen LogP contribution in [0, 0.1) is 0 Å². The molecule has 3 rings (SSSR count). The van der Waals surface area contributed by atoms with Crippen LogP contribution in [0.5, 0.6) is 0 Å². The Morgan fingerprint density at radius 2 is 1.87 bits per heavy atom. The molecule has 38 heavy (non-hydrogen) atoms. The number of hydrogen-bond donors (Lipinski definition) is 0. The SMILES string of the molecule is CCOC(=O)C[N+](C)(C)CCOCCN(c1cccc(C(F)(F)F)c1)c1nc(-c2cccc(Cl)c2)cs1.[I-]. The standard InChI is InChI=1S/C26H30ClF3N3O3S.HI/c1-4-36-24(34)17-33(2,3)12-14-35-13-11-32(22-10-6-8-20(16-22)26(28,29)30)25-31-23(18-37-25)19-7-5-9-21(27)15-19;/h5-10,15-16,18H,4,11-14,17H2,1-3H3;1H/q+1;/p-1. The molecule has 1 heterocycles. The molecule has 0 N–H and O–H groups in total. The topological polar surface area (TPSA) is 51.7 Å². The summed E-state index contributed by atoms with van der Waals surface area (Å²) < 4.78 is 51.4. The maximum Gasteiger partial charge on any atom is 0.416 e. The molecule has 0 fully saturated rings. The Morgan fingerprint density at radius 1 is 1.13 bits per heavy atom. The van der Waals surface area contributed by atoms with E-state index in [1.165, 1.54) is 17.4 Å². The zero-order chi connectivity index (χ0) is 27.1. The van der Waals surface area contributed by atoms with Crippen LogP contribution in [0.2, 0.25) is 5.02 Å². The van der Waals surface area contributed by atoms with Gasteiger partial charge < -0.3 is 42.8 Å². The summed E-state index contributed by atoms with van der Waals surface area (Å²) in [5.74, 6) is -0.275. The van der Waals surface area contributed by atoms with Gasteiger partial charge in [0, 0.05) is 28.2 Å². The lowest BCUT2D eigenvalue weighted by atomic mass is 10.2. The summed E-state index contributed by atoms with van der Waals surface area (Å²) in [6, 6.07) is 12.4. The number of rotatable bonds is 12. The van der Waals surface area contributed by atoms with Crippen molar-refractivity contribution >= 4 is 39.7 Å². The van der Waals surface area contributed by atoms with Crippen LogP contribution >= 0.6 is 22.9 Å². The van der Waals surface area contributed by atoms with E-state index in [1.54, 1.807) is 30.0 Å². The fourth-order valence-corrected chi connectivity index (χ4v) is 4.63. The molecule has 0 aliphatic rings. The van der Waals surface area contributed by atoms with E-state index in [9.17, 15) is 18.0 Å². The van der Waals surface area contributed by atoms with Gasteiger partial charge in [-0.25, -0.2) is 9.78 Å². The van der Waals surface area contributed by atoms with Crippen molar-refractivity contribution in [1.82, 2.24) is 4.98 Å². The molecule has 3 aromatic rings. The van der Waals surface area contributed by atoms with Gasteiger partial charge in [0.15, 0.2) is 11.7 Å². The summed E-state index contributed by atoms with van der Waals surface area (Å²) in [4.78, 5) is 18.2. The Morgan fingerprint density at radius 3 is 2.55 bits per heavy atom. The Labute approximate surface area is 246 Å². The summed E-state index contributed by atoms with van der Waals surface area (Å²) in [5.41, 5.74) is 1.12. The molecule has 2 aromatic carbocycles. The van der Waals surface area contributed by atoms with Crippen LogP contribution in [-0.4, -0.2) is 69.0 Å². The second kappa shape index (κ2) is 14.5. The number of hydrogen-bond acceptors (Lipinski definition) is 6. The number of halogens is 5. The van der Waals surface area contributed by atoms with Crippen molar-refractivity contribution in [3.63, 3.8) is 0 Å². The number of esters is 1. The fourth-order valence-electron chi connectivity index (χ4n) is 3.56. The lowest BCUT2D eigenvalue weighted by Gasteiger charge is -2.28. The maximum absolute atomic E-state index is 13.4. The van der Waals surface area contributed by atoms with Crippen LogP contribution < -0.4 is 28.9 Å². The molecule has 1 aromatic heterocycles. The van der Waals surface area contributed by atoms with Crippen LogP contribution in [0.1, 0.15) is 12.5 Å². The highest BCUT2D eigenvalue weighted by molar-refractivity contribution is 7.14. The fraction of sp³-hybridized carbons (Fsp3) is 0.385. The molecule has 208 valence electrons. The third-order valence-electron chi connectivity index (χ3n) is 5.49. The highest BCUT2D eigenvalue weighted by atomic mass is 127. The first kappa shape index (κ1) is 32.3. The predicted molar refractivity (Wildman–Crippen MR) is 140 cm³/mol. The van der Waals surface area contributed by atoms with E-state index in [0.29, 0.717) is 45.8 Å². The molecule has 0 amide bonds. The van der Waals surface area contributed by atoms with Crippen molar-refractivity contribution in [3.05, 3.63) is 64.5 Å². The number of benzene rings is 2. The number of alkyl halides is 3. The first-order valence-corrected chi connectivity index (χ1v) is 13.0. The number of aromatic nitrogens is 1. The minimum Gasteiger partial charge on any atom is -1.00 e. The van der Waals surface area contributed by atoms with E-state index in [2.05, 4.69) is 4.98 Å². The Hall–Kier alpha value is -1.93. The molecule has 0 atom stereocenters. The Kier molecular flexibility index (Phi) is 12.3. The number of nitrogens with zero attached hydrogens (tertiary/aromatic N) is 3. The molecular weight excluding hydrogens is 654 g/mol. The van der Waals surface area contributed by atoms with E-state index in [4.69, 9.17) is 21.1 Å². The minimum absolute atomic E-state index is 0. The van der Waals surface area contributed by atoms with Crippen LogP contribution in [0.4, 0.5) is 24.0 Å². The average Bonchev–Trinajstić information content (AvgIpc) is 3.30. The highest BCUT2D eigenvalue weighted by Crippen LogP contribution is 2.36. The maximum atomic E-state index is 13.4. The smallest absolute Gasteiger partial charge is 0.416 e. The average molecular weight is 684 g/mol. The lowest BCUT2D eigenvalue weighted by Crippen LogP contribution is -3.00. The number of carbonyl (C=O) groups excluding carboxylic acids is 1. The molecule has 0 radical (unpaired) electrons. The van der Waals surface area contributed by atoms with Crippen LogP contribution in [0.15, 0.2) is 53.9 Å². The van der Waals surface area contributed by atoms with E-state index < -0.39 is 11.7 Å². The van der Waals surface area contributed by atoms with Gasteiger partial charge in [0.05, 0.1) is 45.2 Å². The van der Waals surface area contributed by atoms with E-state index in [1.807, 2.05) is 31.6 Å². The van der Waals surface area contributed by atoms with Gasteiger partial charge in [0.2, 0.25) is 0 Å². The lowest BCUT2D eigenvalue weighted by molar-refractivity contribution is -0.883. The molecule has 0 aliphatic carbocycles. The zero-order valence-electron chi connectivity index (χ0n) is 21.3. The molecule has 0 saturated heterocycles. The van der Waals surface area contributed by atoms with Gasteiger partial charge in [-0.05, 0) is 37.3 Å². The largest absolute Gasteiger partial charge is 1.00 e. The van der Waals surface area contributed by atoms with E-state index in [0.717, 1.165) is 17.7 Å². The number of carbonyl (C=O) groups is 1. The number of anilines is 2. The molecule has 0 unspecified atom stereocenters. The van der Waals surface area contributed by atoms with Crippen molar-refractivity contribution in [1.29, 1.82) is 0 Å². The monoisotopic (exact) mass is 683 g/mol. The molecule has 12 heteroatoms. The quantitative estimate of drug-likeness (QED) is 0.127. The van der Waals surface area contributed by atoms with Crippen LogP contribution in [-0.2, 0) is 20.4 Å². The Balaban J connectivity index is 0.00000507. The van der Waals surface area contributed by atoms with Crippen molar-refractivity contribution < 1.29 is 55.9 Å². The number of likely N-dealkylation sites (N-methyl/N-ethyl adjacent to an activating group) is 1. The summed E-state index contributed by atoms with van der Waals surface area (Å²) in [6.45, 7) is 3.79. The summed E-state index contributed by atoms with van der Waals surface area (Å²) in [6.07, 6.45) is -4.46. The van der Waals surface area contributed by atoms with Gasteiger partial charge in [-0.15, -0.1) is 11.3 Å². The molecule has 0 spiro atoms. The number of ether oxygens (including phenoxy) is 2. The van der Waals surface area contributed by atoms with Crippen molar-refractivity contribution in [2.45, 2.75) is 13.1 Å². The molecular formula is C26H30ClF3IN3O3S. The normalized spacial score (nSPS) is 11.7. The van der Waals surface area contributed by atoms with Crippen molar-refractivity contribution in [2.24, 2.45) is 0 Å². The van der Waals surface area contributed by atoms with Crippen LogP contribution in [0.25, 0.3) is 11.3 Å². The molecule has 0 saturated carbocycles. The van der Waals surface area contributed by atoms with E-state index >= 15 is 0 Å². The highest BCUT2D eigenvalue weighted by Gasteiger charge is 2.31. The summed E-state index contributed by atoms with van der Waals surface area (Å²) in [5, 5.41) is 2.95. The molecule has 0 aliphatic heterocycles. The first-order chi connectivity index (χ1) is 17.5. The predicted octanol–water partition coefficient (Wildman–Crippen LogP) is 3.28. The van der Waals surface area contributed by atoms with Gasteiger partial charge in [-0.3, -0.25) is 0 Å². The number of thiazole rings is 1. The van der Waals surface area contributed by atoms with Crippen molar-refractivity contribution in [3.8, 4) is 11.3 Å². The number of quaternary nitrogens is 1. The molecule has 0 bridgehead atoms. The second-order valence-electron chi connectivity index (χ2n) is 8.96. The second-order valence-corrected chi connectivity index (χ2v) is 10.2. The van der Waals surface area contributed by atoms with Crippen LogP contribution in [0.3, 0.4) is 0 Å². The van der Waals surface area contributed by atoms with Gasteiger partial charge in [-0.2, -0.15) is 13.2 Å². The zero-order valence-corrected chi connectivity index (χ0v) is 25.0. The minimum atomic E-state index is -4.46. The summed E-state index contributed by atoms with van der Waals surface area (Å²) in [7, 11) is 3.81. The molecule has 6 nitrogen and oxygen atoms in total.